The summed E-state index contributed by atoms with van der Waals surface area (Å²) in [5.41, 5.74) is 6.87. The van der Waals surface area contributed by atoms with Gasteiger partial charge in [0, 0.05) is 29.3 Å². The summed E-state index contributed by atoms with van der Waals surface area (Å²) in [5.74, 6) is -0.489. The lowest BCUT2D eigenvalue weighted by molar-refractivity contribution is 0.0481. The van der Waals surface area contributed by atoms with Crippen LogP contribution in [-0.2, 0) is 5.92 Å². The molecule has 228 valence electrons. The summed E-state index contributed by atoms with van der Waals surface area (Å²) in [7, 11) is 4.37. The van der Waals surface area contributed by atoms with Gasteiger partial charge in [-0.3, -0.25) is 9.80 Å². The van der Waals surface area contributed by atoms with Gasteiger partial charge >= 0.3 is 0 Å². The summed E-state index contributed by atoms with van der Waals surface area (Å²) < 4.78 is 32.4. The second-order valence-corrected chi connectivity index (χ2v) is 14.6. The van der Waals surface area contributed by atoms with Crippen molar-refractivity contribution in [1.29, 1.82) is 0 Å². The Morgan fingerprint density at radius 2 is 1.58 bits per heavy atom. The van der Waals surface area contributed by atoms with Gasteiger partial charge in [-0.25, -0.2) is 9.97 Å². The van der Waals surface area contributed by atoms with Crippen molar-refractivity contribution in [3.63, 3.8) is 0 Å². The van der Waals surface area contributed by atoms with Gasteiger partial charge in [-0.1, -0.05) is 30.3 Å². The van der Waals surface area contributed by atoms with Gasteiger partial charge in [0.05, 0.1) is 35.0 Å². The number of likely N-dealkylation sites (tertiary alicyclic amines) is 2. The molecule has 4 fully saturated rings. The molecule has 2 saturated carbocycles. The highest BCUT2D eigenvalue weighted by Crippen LogP contribution is 2.58. The fourth-order valence-electron chi connectivity index (χ4n) is 9.31. The normalized spacial score (nSPS) is 27.6. The minimum absolute atomic E-state index is 0.0573. The molecule has 0 amide bonds. The molecule has 1 unspecified atom stereocenters. The number of hydrogen-bond acceptors (Lipinski definition) is 4. The van der Waals surface area contributed by atoms with E-state index in [1.165, 1.54) is 32.1 Å². The molecule has 4 heterocycles. The van der Waals surface area contributed by atoms with E-state index in [-0.39, 0.29) is 17.2 Å². The Bertz CT molecular complexity index is 2020. The number of aromatic amines is 2. The predicted molar refractivity (Wildman–Crippen MR) is 171 cm³/mol. The SMILES string of the molecule is CN1CC2(CC2)C[C@H]1c1ncc(-c2ccc3c(c2)C(F)(F)c2cc(-c4ccc5nc([C@@H]6[C@H]7CCC(C7)N6C)[nH]c5c4)ccc2-3)[nH]1. The predicted octanol–water partition coefficient (Wildman–Crippen LogP) is 8.05. The Balaban J connectivity index is 0.954. The van der Waals surface area contributed by atoms with E-state index < -0.39 is 5.92 Å². The topological polar surface area (TPSA) is 63.8 Å². The molecule has 2 aliphatic heterocycles. The van der Waals surface area contributed by atoms with Crippen molar-refractivity contribution >= 4 is 11.0 Å². The van der Waals surface area contributed by atoms with Gasteiger partial charge in [0.2, 0.25) is 0 Å². The summed E-state index contributed by atoms with van der Waals surface area (Å²) in [4.78, 5) is 21.6. The Labute approximate surface area is 260 Å². The number of hydrogen-bond donors (Lipinski definition) is 2. The second kappa shape index (κ2) is 8.89. The van der Waals surface area contributed by atoms with Crippen LogP contribution in [0.2, 0.25) is 0 Å². The Kier molecular flexibility index (Phi) is 5.20. The van der Waals surface area contributed by atoms with Crippen LogP contribution in [0.25, 0.3) is 44.5 Å². The standard InChI is InChI=1S/C37H36F2N6/c1-44-19-36(11-12-36)17-32(44)34-40-18-31(43-34)22-5-9-26-25-8-4-20(14-27(25)37(38,39)28(26)15-22)21-6-10-29-30(16-21)42-35(41-29)33-23-3-7-24(13-23)45(33)2/h4-6,8-10,14-16,18,23-24,32-33H,3,7,11-13,17,19H2,1-2H3,(H,40,43)(H,41,42)/t23-,24?,32-,33-/m0/s1. The molecule has 3 aromatic carbocycles. The van der Waals surface area contributed by atoms with Crippen LogP contribution in [0.15, 0.2) is 60.8 Å². The molecule has 2 bridgehead atoms. The molecule has 5 aromatic rings. The van der Waals surface area contributed by atoms with Crippen LogP contribution in [0.1, 0.15) is 73.4 Å². The maximum Gasteiger partial charge on any atom is 0.299 e. The monoisotopic (exact) mass is 602 g/mol. The summed E-state index contributed by atoms with van der Waals surface area (Å²) >= 11 is 0. The van der Waals surface area contributed by atoms with Crippen LogP contribution in [0.4, 0.5) is 8.78 Å². The molecule has 45 heavy (non-hydrogen) atoms. The largest absolute Gasteiger partial charge is 0.341 e. The van der Waals surface area contributed by atoms with Crippen LogP contribution in [-0.4, -0.2) is 56.4 Å². The zero-order chi connectivity index (χ0) is 30.2. The molecule has 3 aliphatic carbocycles. The Morgan fingerprint density at radius 1 is 0.844 bits per heavy atom. The van der Waals surface area contributed by atoms with E-state index in [9.17, 15) is 0 Å². The lowest BCUT2D eigenvalue weighted by atomic mass is 9.98. The molecule has 5 aliphatic rings. The summed E-state index contributed by atoms with van der Waals surface area (Å²) in [6, 6.07) is 18.2. The summed E-state index contributed by atoms with van der Waals surface area (Å²) in [5, 5.41) is 0. The third-order valence-corrected chi connectivity index (χ3v) is 11.9. The van der Waals surface area contributed by atoms with Gasteiger partial charge in [-0.2, -0.15) is 8.78 Å². The van der Waals surface area contributed by atoms with Crippen molar-refractivity contribution in [3.8, 4) is 33.5 Å². The highest BCUT2D eigenvalue weighted by molar-refractivity contribution is 5.86. The third kappa shape index (κ3) is 3.78. The van der Waals surface area contributed by atoms with Gasteiger partial charge in [-0.15, -0.1) is 0 Å². The van der Waals surface area contributed by atoms with Crippen LogP contribution in [0, 0.1) is 11.3 Å². The Hall–Kier alpha value is -3.88. The number of imidazole rings is 2. The molecule has 1 spiro atoms. The molecular weight excluding hydrogens is 566 g/mol. The van der Waals surface area contributed by atoms with E-state index >= 15 is 8.78 Å². The average molecular weight is 603 g/mol. The van der Waals surface area contributed by atoms with E-state index in [1.807, 2.05) is 36.4 Å². The first-order valence-corrected chi connectivity index (χ1v) is 16.4. The maximum absolute atomic E-state index is 16.2. The first-order chi connectivity index (χ1) is 21.8. The first kappa shape index (κ1) is 26.3. The van der Waals surface area contributed by atoms with E-state index in [0.29, 0.717) is 34.5 Å². The van der Waals surface area contributed by atoms with Crippen LogP contribution in [0.5, 0.6) is 0 Å². The first-order valence-electron chi connectivity index (χ1n) is 16.4. The fraction of sp³-hybridized carbons (Fsp3) is 0.405. The lowest BCUT2D eigenvalue weighted by Crippen LogP contribution is -2.31. The van der Waals surface area contributed by atoms with E-state index in [0.717, 1.165) is 58.0 Å². The van der Waals surface area contributed by atoms with Gasteiger partial charge in [0.1, 0.15) is 11.6 Å². The molecule has 0 radical (unpaired) electrons. The molecular formula is C37H36F2N6. The van der Waals surface area contributed by atoms with Crippen molar-refractivity contribution in [2.45, 2.75) is 62.6 Å². The molecule has 6 nitrogen and oxygen atoms in total. The molecule has 2 N–H and O–H groups in total. The Morgan fingerprint density at radius 3 is 2.31 bits per heavy atom. The molecule has 8 heteroatoms. The van der Waals surface area contributed by atoms with E-state index in [1.54, 1.807) is 18.3 Å². The minimum Gasteiger partial charge on any atom is -0.341 e. The highest BCUT2D eigenvalue weighted by atomic mass is 19.3. The quantitative estimate of drug-likeness (QED) is 0.219. The third-order valence-electron chi connectivity index (χ3n) is 11.9. The van der Waals surface area contributed by atoms with Gasteiger partial charge in [0.15, 0.2) is 0 Å². The van der Waals surface area contributed by atoms with E-state index in [4.69, 9.17) is 9.97 Å². The van der Waals surface area contributed by atoms with Crippen molar-refractivity contribution in [2.24, 2.45) is 11.3 Å². The maximum atomic E-state index is 16.2. The van der Waals surface area contributed by atoms with Crippen molar-refractivity contribution in [1.82, 2.24) is 29.7 Å². The van der Waals surface area contributed by atoms with Crippen LogP contribution >= 0.6 is 0 Å². The molecule has 10 rings (SSSR count). The fourth-order valence-corrected chi connectivity index (χ4v) is 9.31. The number of H-pyrrole nitrogens is 2. The van der Waals surface area contributed by atoms with Crippen molar-refractivity contribution in [2.75, 3.05) is 20.6 Å². The van der Waals surface area contributed by atoms with Crippen molar-refractivity contribution < 1.29 is 8.78 Å². The highest BCUT2D eigenvalue weighted by Gasteiger charge is 2.52. The number of nitrogens with one attached hydrogen (secondary N) is 2. The number of benzene rings is 3. The summed E-state index contributed by atoms with van der Waals surface area (Å²) in [6.45, 7) is 1.11. The number of fused-ring (bicyclic) bond motifs is 6. The van der Waals surface area contributed by atoms with E-state index in [2.05, 4.69) is 39.9 Å². The number of halogens is 2. The van der Waals surface area contributed by atoms with Gasteiger partial charge in [0.25, 0.3) is 5.92 Å². The zero-order valence-electron chi connectivity index (χ0n) is 25.6. The smallest absolute Gasteiger partial charge is 0.299 e. The number of rotatable bonds is 4. The number of aromatic nitrogens is 4. The molecule has 2 aromatic heterocycles. The molecule has 2 saturated heterocycles. The second-order valence-electron chi connectivity index (χ2n) is 14.6. The minimum atomic E-state index is -3.10. The van der Waals surface area contributed by atoms with Gasteiger partial charge in [-0.05, 0) is 110 Å². The summed E-state index contributed by atoms with van der Waals surface area (Å²) in [6.07, 6.45) is 9.29. The van der Waals surface area contributed by atoms with Crippen LogP contribution in [0.3, 0.4) is 0 Å². The molecule has 4 atom stereocenters. The van der Waals surface area contributed by atoms with Crippen LogP contribution < -0.4 is 0 Å². The average Bonchev–Trinajstić information content (AvgIpc) is 3.65. The number of alkyl halides is 2. The van der Waals surface area contributed by atoms with Gasteiger partial charge < -0.3 is 9.97 Å². The lowest BCUT2D eigenvalue weighted by Gasteiger charge is -2.30. The number of nitrogens with zero attached hydrogens (tertiary/aromatic N) is 4. The zero-order valence-corrected chi connectivity index (χ0v) is 25.6. The van der Waals surface area contributed by atoms with Crippen molar-refractivity contribution in [3.05, 3.63) is 83.6 Å². The number of piperidine rings is 1.